The molecule has 0 spiro atoms. The number of hydrogen-bond donors (Lipinski definition) is 0. The van der Waals surface area contributed by atoms with Crippen molar-refractivity contribution in [3.8, 4) is 11.8 Å². The van der Waals surface area contributed by atoms with Crippen molar-refractivity contribution in [2.75, 3.05) is 7.11 Å². The Kier molecular flexibility index (Phi) is 4.62. The van der Waals surface area contributed by atoms with Crippen molar-refractivity contribution < 1.29 is 27.4 Å². The summed E-state index contributed by atoms with van der Waals surface area (Å²) in [6.45, 7) is 0. The molecule has 0 bridgehead atoms. The predicted molar refractivity (Wildman–Crippen MR) is 58.7 cm³/mol. The van der Waals surface area contributed by atoms with Gasteiger partial charge in [-0.2, -0.15) is 5.26 Å². The molecule has 0 aliphatic heterocycles. The Morgan fingerprint density at radius 1 is 1.47 bits per heavy atom. The number of alkyl halides is 4. The van der Waals surface area contributed by atoms with Gasteiger partial charge in [-0.05, 0) is 12.1 Å². The van der Waals surface area contributed by atoms with E-state index in [9.17, 15) is 18.0 Å². The quantitative estimate of drug-likeness (QED) is 0.635. The fourth-order valence-electron chi connectivity index (χ4n) is 1.38. The Morgan fingerprint density at radius 2 is 2.11 bits per heavy atom. The Morgan fingerprint density at radius 3 is 2.53 bits per heavy atom. The smallest absolute Gasteiger partial charge is 0.465 e. The number of ether oxygens (including phenoxy) is 2. The molecule has 0 N–H and O–H groups in total. The first-order valence-electron chi connectivity index (χ1n) is 4.80. The van der Waals surface area contributed by atoms with Crippen LogP contribution in [-0.4, -0.2) is 19.4 Å². The minimum atomic E-state index is -5.00. The van der Waals surface area contributed by atoms with E-state index >= 15 is 0 Å². The van der Waals surface area contributed by atoms with E-state index in [4.69, 9.17) is 16.9 Å². The Balaban J connectivity index is 3.47. The van der Waals surface area contributed by atoms with Crippen molar-refractivity contribution in [3.63, 3.8) is 0 Å². The summed E-state index contributed by atoms with van der Waals surface area (Å²) in [7, 11) is 1.07. The second-order valence-corrected chi connectivity index (χ2v) is 3.52. The lowest BCUT2D eigenvalue weighted by atomic mass is 10.0. The zero-order valence-corrected chi connectivity index (χ0v) is 10.3. The second kappa shape index (κ2) is 5.80. The van der Waals surface area contributed by atoms with Crippen molar-refractivity contribution in [1.82, 2.24) is 0 Å². The summed E-state index contributed by atoms with van der Waals surface area (Å²) in [5, 5.41) is 8.77. The molecule has 8 heteroatoms. The van der Waals surface area contributed by atoms with Crippen LogP contribution in [-0.2, 0) is 10.6 Å². The molecule has 0 aromatic heterocycles. The summed E-state index contributed by atoms with van der Waals surface area (Å²) in [5.41, 5.74) is -0.804. The molecule has 0 aliphatic rings. The van der Waals surface area contributed by atoms with Gasteiger partial charge in [-0.3, -0.25) is 0 Å². The van der Waals surface area contributed by atoms with Crippen LogP contribution in [0.4, 0.5) is 13.2 Å². The van der Waals surface area contributed by atoms with E-state index in [0.717, 1.165) is 19.2 Å². The normalized spacial score (nSPS) is 10.7. The molecular formula is C11H7ClF3NO3. The lowest BCUT2D eigenvalue weighted by molar-refractivity contribution is -0.275. The van der Waals surface area contributed by atoms with Crippen molar-refractivity contribution in [2.45, 2.75) is 12.2 Å². The summed E-state index contributed by atoms with van der Waals surface area (Å²) in [6.07, 6.45) is -5.00. The van der Waals surface area contributed by atoms with Gasteiger partial charge in [0.05, 0.1) is 24.1 Å². The van der Waals surface area contributed by atoms with Gasteiger partial charge in [0.1, 0.15) is 6.07 Å². The number of halogens is 4. The third-order valence-corrected chi connectivity index (χ3v) is 2.40. The zero-order valence-electron chi connectivity index (χ0n) is 9.55. The van der Waals surface area contributed by atoms with Gasteiger partial charge in [0.25, 0.3) is 0 Å². The Hall–Kier alpha value is -1.94. The number of methoxy groups -OCH3 is 1. The molecule has 0 aliphatic carbocycles. The number of carbonyl (C=O) groups excluding carboxylic acids is 1. The second-order valence-electron chi connectivity index (χ2n) is 3.25. The highest BCUT2D eigenvalue weighted by Gasteiger charge is 2.34. The molecule has 0 atom stereocenters. The fourth-order valence-corrected chi connectivity index (χ4v) is 1.65. The van der Waals surface area contributed by atoms with Gasteiger partial charge >= 0.3 is 12.3 Å². The SMILES string of the molecule is COC(=O)c1ccc(C#N)c(OC(F)(F)F)c1CCl. The lowest BCUT2D eigenvalue weighted by Crippen LogP contribution is -2.20. The fraction of sp³-hybridized carbons (Fsp3) is 0.273. The maximum absolute atomic E-state index is 12.3. The van der Waals surface area contributed by atoms with Gasteiger partial charge in [0.15, 0.2) is 5.75 Å². The molecule has 0 amide bonds. The highest BCUT2D eigenvalue weighted by atomic mass is 35.5. The Bertz CT molecular complexity index is 537. The zero-order chi connectivity index (χ0) is 14.6. The number of benzene rings is 1. The molecule has 1 rings (SSSR count). The molecule has 4 nitrogen and oxygen atoms in total. The number of nitriles is 1. The summed E-state index contributed by atoms with van der Waals surface area (Å²) < 4.78 is 45.1. The molecule has 1 aromatic rings. The number of carbonyl (C=O) groups is 1. The average molecular weight is 294 g/mol. The highest BCUT2D eigenvalue weighted by molar-refractivity contribution is 6.18. The first kappa shape index (κ1) is 15.1. The molecule has 0 fully saturated rings. The lowest BCUT2D eigenvalue weighted by Gasteiger charge is -2.15. The van der Waals surface area contributed by atoms with Gasteiger partial charge < -0.3 is 9.47 Å². The summed E-state index contributed by atoms with van der Waals surface area (Å²) in [5.74, 6) is -2.09. The topological polar surface area (TPSA) is 59.3 Å². The molecular weight excluding hydrogens is 287 g/mol. The van der Waals surface area contributed by atoms with Crippen molar-refractivity contribution in [3.05, 3.63) is 28.8 Å². The van der Waals surface area contributed by atoms with E-state index in [1.165, 1.54) is 0 Å². The maximum Gasteiger partial charge on any atom is 0.573 e. The van der Waals surface area contributed by atoms with Crippen molar-refractivity contribution in [2.24, 2.45) is 0 Å². The Labute approximate surface area is 111 Å². The van der Waals surface area contributed by atoms with Gasteiger partial charge in [-0.15, -0.1) is 24.8 Å². The van der Waals surface area contributed by atoms with Crippen molar-refractivity contribution >= 4 is 17.6 Å². The van der Waals surface area contributed by atoms with Crippen LogP contribution in [0.1, 0.15) is 21.5 Å². The van der Waals surface area contributed by atoms with Crippen LogP contribution in [0.15, 0.2) is 12.1 Å². The summed E-state index contributed by atoms with van der Waals surface area (Å²) in [4.78, 5) is 11.4. The largest absolute Gasteiger partial charge is 0.573 e. The molecule has 0 radical (unpaired) electrons. The van der Waals surface area contributed by atoms with Crippen LogP contribution in [0.25, 0.3) is 0 Å². The standard InChI is InChI=1S/C11H7ClF3NO3/c1-18-10(17)7-3-2-6(5-16)9(8(7)4-12)19-11(13,14)15/h2-3H,4H2,1H3. The number of nitrogens with zero attached hydrogens (tertiary/aromatic N) is 1. The van der Waals surface area contributed by atoms with Crippen LogP contribution >= 0.6 is 11.6 Å². The van der Waals surface area contributed by atoms with E-state index in [-0.39, 0.29) is 16.7 Å². The van der Waals surface area contributed by atoms with Crippen molar-refractivity contribution in [1.29, 1.82) is 5.26 Å². The molecule has 19 heavy (non-hydrogen) atoms. The summed E-state index contributed by atoms with van der Waals surface area (Å²) >= 11 is 5.53. The van der Waals surface area contributed by atoms with E-state index in [2.05, 4.69) is 9.47 Å². The molecule has 102 valence electrons. The van der Waals surface area contributed by atoms with Gasteiger partial charge in [0.2, 0.25) is 0 Å². The van der Waals surface area contributed by atoms with Crippen LogP contribution in [0.5, 0.6) is 5.75 Å². The van der Waals surface area contributed by atoms with E-state index in [1.54, 1.807) is 6.07 Å². The van der Waals surface area contributed by atoms with E-state index in [0.29, 0.717) is 0 Å². The minimum Gasteiger partial charge on any atom is -0.465 e. The van der Waals surface area contributed by atoms with Crippen LogP contribution in [0.3, 0.4) is 0 Å². The molecule has 0 unspecified atom stereocenters. The highest BCUT2D eigenvalue weighted by Crippen LogP contribution is 2.33. The minimum absolute atomic E-state index is 0.184. The third-order valence-electron chi connectivity index (χ3n) is 2.14. The first-order valence-corrected chi connectivity index (χ1v) is 5.33. The monoisotopic (exact) mass is 293 g/mol. The van der Waals surface area contributed by atoms with Crippen LogP contribution in [0.2, 0.25) is 0 Å². The molecule has 0 saturated heterocycles. The average Bonchev–Trinajstić information content (AvgIpc) is 2.35. The van der Waals surface area contributed by atoms with E-state index < -0.39 is 24.0 Å². The summed E-state index contributed by atoms with van der Waals surface area (Å²) in [6, 6.07) is 3.73. The number of esters is 1. The van der Waals surface area contributed by atoms with Gasteiger partial charge in [0, 0.05) is 5.56 Å². The van der Waals surface area contributed by atoms with Crippen LogP contribution in [0, 0.1) is 11.3 Å². The number of rotatable bonds is 3. The van der Waals surface area contributed by atoms with Crippen LogP contribution < -0.4 is 4.74 Å². The van der Waals surface area contributed by atoms with E-state index in [1.807, 2.05) is 0 Å². The predicted octanol–water partition coefficient (Wildman–Crippen LogP) is 2.98. The maximum atomic E-state index is 12.3. The number of hydrogen-bond acceptors (Lipinski definition) is 4. The van der Waals surface area contributed by atoms with Gasteiger partial charge in [-0.25, -0.2) is 4.79 Å². The molecule has 0 heterocycles. The third kappa shape index (κ3) is 3.51. The van der Waals surface area contributed by atoms with Gasteiger partial charge in [-0.1, -0.05) is 0 Å². The molecule has 1 aromatic carbocycles. The first-order chi connectivity index (χ1) is 8.84. The molecule has 0 saturated carbocycles.